The molecule has 2 aromatic rings. The summed E-state index contributed by atoms with van der Waals surface area (Å²) in [6, 6.07) is 10.4. The number of allylic oxidation sites excluding steroid dienone is 1. The Labute approximate surface area is 231 Å². The molecule has 0 bridgehead atoms. The van der Waals surface area contributed by atoms with Crippen LogP contribution in [0.1, 0.15) is 41.4 Å². The van der Waals surface area contributed by atoms with Gasteiger partial charge in [-0.05, 0) is 48.2 Å². The molecule has 0 saturated carbocycles. The number of primary sulfonamides is 1. The third-order valence-corrected chi connectivity index (χ3v) is 7.24. The fourth-order valence-electron chi connectivity index (χ4n) is 3.52. The fraction of sp³-hybridized carbons (Fsp3) is 0.348. The third-order valence-electron chi connectivity index (χ3n) is 5.10. The number of benzene rings is 2. The maximum absolute atomic E-state index is 13.0. The molecule has 2 atom stereocenters. The van der Waals surface area contributed by atoms with Gasteiger partial charge in [0.25, 0.3) is 0 Å². The fourth-order valence-corrected chi connectivity index (χ4v) is 5.55. The number of sulfonamides is 2. The topological polar surface area (TPSA) is 239 Å². The molecule has 0 spiro atoms. The highest BCUT2D eigenvalue weighted by atomic mass is 32.2. The highest BCUT2D eigenvalue weighted by Crippen LogP contribution is 2.29. The molecule has 0 amide bonds. The molecule has 2 aromatic carbocycles. The number of nitrogens with zero attached hydrogens (tertiary/aromatic N) is 6. The number of ketones is 1. The molecule has 0 fully saturated rings. The molecule has 3 N–H and O–H groups in total. The van der Waals surface area contributed by atoms with Gasteiger partial charge in [0.2, 0.25) is 20.0 Å². The molecule has 2 rings (SSSR count). The minimum absolute atomic E-state index is 0.0169. The number of azide groups is 2. The minimum atomic E-state index is -4.22. The second-order valence-electron chi connectivity index (χ2n) is 8.05. The van der Waals surface area contributed by atoms with E-state index in [1.807, 2.05) is 0 Å². The Morgan fingerprint density at radius 2 is 1.57 bits per heavy atom. The molecule has 0 aliphatic rings. The molecule has 214 valence electrons. The van der Waals surface area contributed by atoms with Crippen LogP contribution in [0.3, 0.4) is 0 Å². The Bertz CT molecular complexity index is 1530. The lowest BCUT2D eigenvalue weighted by Gasteiger charge is -2.23. The zero-order valence-electron chi connectivity index (χ0n) is 21.6. The summed E-state index contributed by atoms with van der Waals surface area (Å²) in [6.07, 6.45) is 0.173. The van der Waals surface area contributed by atoms with Gasteiger partial charge in [-0.25, -0.2) is 22.0 Å². The number of ether oxygens (including phenoxy) is 2. The molecule has 17 heteroatoms. The highest BCUT2D eigenvalue weighted by Gasteiger charge is 2.28. The lowest BCUT2D eigenvalue weighted by molar-refractivity contribution is 0.0673. The number of nitrogens with two attached hydrogens (primary N) is 1. The predicted octanol–water partition coefficient (Wildman–Crippen LogP) is 4.11. The van der Waals surface area contributed by atoms with Crippen LogP contribution in [-0.2, 0) is 29.5 Å². The molecular formula is C23H28N8O7S2. The summed E-state index contributed by atoms with van der Waals surface area (Å²) >= 11 is 0. The zero-order chi connectivity index (χ0) is 29.8. The monoisotopic (exact) mass is 592 g/mol. The number of carbonyl (C=O) groups excluding carboxylic acids is 1. The van der Waals surface area contributed by atoms with Gasteiger partial charge in [-0.2, -0.15) is 4.72 Å². The van der Waals surface area contributed by atoms with Crippen LogP contribution in [0, 0.1) is 0 Å². The van der Waals surface area contributed by atoms with Gasteiger partial charge >= 0.3 is 0 Å². The van der Waals surface area contributed by atoms with Gasteiger partial charge in [0, 0.05) is 40.0 Å². The van der Waals surface area contributed by atoms with E-state index < -0.39 is 43.9 Å². The first-order chi connectivity index (χ1) is 18.9. The summed E-state index contributed by atoms with van der Waals surface area (Å²) < 4.78 is 62.1. The van der Waals surface area contributed by atoms with E-state index >= 15 is 0 Å². The second kappa shape index (κ2) is 15.1. The maximum atomic E-state index is 13.0. The van der Waals surface area contributed by atoms with Crippen molar-refractivity contribution in [3.8, 4) is 0 Å². The average molecular weight is 593 g/mol. The van der Waals surface area contributed by atoms with Gasteiger partial charge in [0.05, 0.1) is 11.9 Å². The quantitative estimate of drug-likeness (QED) is 0.0720. The Balaban J connectivity index is 2.43. The number of carbonyl (C=O) groups is 1. The summed E-state index contributed by atoms with van der Waals surface area (Å²) in [4.78, 5) is 18.2. The highest BCUT2D eigenvalue weighted by molar-refractivity contribution is 7.90. The standard InChI is InChI=1S/C23H28N8O7S2/c1-3-37-22(14-40(35,36)29-23(38-4-2)15-39(26,33)34)20-13-19(28-31-25)11-5-16(20)8-12-21(32)17-6-9-18(10-7-17)27-30-24/h5-13,22-23,29H,3-4,14-15H2,1-2H3,(H2,26,33,34). The number of hydrogen-bond acceptors (Lipinski definition) is 9. The van der Waals surface area contributed by atoms with Crippen LogP contribution in [0.2, 0.25) is 0 Å². The summed E-state index contributed by atoms with van der Waals surface area (Å²) in [5, 5.41) is 12.1. The normalized spacial score (nSPS) is 13.3. The largest absolute Gasteiger partial charge is 0.373 e. The van der Waals surface area contributed by atoms with Gasteiger partial charge < -0.3 is 9.47 Å². The number of rotatable bonds is 16. The van der Waals surface area contributed by atoms with Crippen LogP contribution in [0.15, 0.2) is 58.8 Å². The van der Waals surface area contributed by atoms with Crippen molar-refractivity contribution in [2.24, 2.45) is 15.4 Å². The van der Waals surface area contributed by atoms with Gasteiger partial charge in [-0.15, -0.1) is 0 Å². The van der Waals surface area contributed by atoms with Crippen LogP contribution in [0.5, 0.6) is 0 Å². The summed E-state index contributed by atoms with van der Waals surface area (Å²) in [5.74, 6) is -1.84. The van der Waals surface area contributed by atoms with Crippen molar-refractivity contribution in [1.82, 2.24) is 4.72 Å². The molecule has 0 aliphatic heterocycles. The Morgan fingerprint density at radius 1 is 0.975 bits per heavy atom. The lowest BCUT2D eigenvalue weighted by atomic mass is 10.0. The van der Waals surface area contributed by atoms with Crippen LogP contribution in [0.25, 0.3) is 27.0 Å². The lowest BCUT2D eigenvalue weighted by Crippen LogP contribution is -2.44. The molecule has 0 heterocycles. The summed E-state index contributed by atoms with van der Waals surface area (Å²) in [7, 11) is -8.28. The molecule has 40 heavy (non-hydrogen) atoms. The Kier molecular flexibility index (Phi) is 12.3. The van der Waals surface area contributed by atoms with Gasteiger partial charge in [0.15, 0.2) is 5.78 Å². The second-order valence-corrected chi connectivity index (χ2v) is 11.5. The van der Waals surface area contributed by atoms with E-state index in [1.54, 1.807) is 13.8 Å². The van der Waals surface area contributed by atoms with Crippen LogP contribution >= 0.6 is 0 Å². The first-order valence-electron chi connectivity index (χ1n) is 11.7. The molecule has 2 unspecified atom stereocenters. The number of hydrogen-bond donors (Lipinski definition) is 2. The van der Waals surface area contributed by atoms with Crippen molar-refractivity contribution in [3.05, 3.63) is 86.1 Å². The van der Waals surface area contributed by atoms with Crippen LogP contribution in [-0.4, -0.2) is 53.6 Å². The maximum Gasteiger partial charge on any atom is 0.216 e. The summed E-state index contributed by atoms with van der Waals surface area (Å²) in [5.41, 5.74) is 18.9. The van der Waals surface area contributed by atoms with E-state index in [2.05, 4.69) is 24.8 Å². The van der Waals surface area contributed by atoms with Crippen molar-refractivity contribution < 1.29 is 31.1 Å². The first-order valence-corrected chi connectivity index (χ1v) is 15.1. The van der Waals surface area contributed by atoms with Gasteiger partial charge in [-0.1, -0.05) is 52.7 Å². The molecular weight excluding hydrogens is 564 g/mol. The third kappa shape index (κ3) is 10.8. The van der Waals surface area contributed by atoms with E-state index in [9.17, 15) is 21.6 Å². The minimum Gasteiger partial charge on any atom is -0.373 e. The predicted molar refractivity (Wildman–Crippen MR) is 149 cm³/mol. The van der Waals surface area contributed by atoms with Crippen molar-refractivity contribution in [2.45, 2.75) is 26.2 Å². The molecule has 0 saturated heterocycles. The van der Waals surface area contributed by atoms with Crippen molar-refractivity contribution in [2.75, 3.05) is 24.7 Å². The molecule has 0 radical (unpaired) electrons. The van der Waals surface area contributed by atoms with E-state index in [1.165, 1.54) is 54.6 Å². The van der Waals surface area contributed by atoms with E-state index in [0.29, 0.717) is 22.4 Å². The number of nitrogens with one attached hydrogen (secondary N) is 1. The zero-order valence-corrected chi connectivity index (χ0v) is 23.2. The van der Waals surface area contributed by atoms with Gasteiger partial charge in [-0.3, -0.25) is 4.79 Å². The summed E-state index contributed by atoms with van der Waals surface area (Å²) in [6.45, 7) is 3.32. The van der Waals surface area contributed by atoms with Crippen LogP contribution in [0.4, 0.5) is 11.4 Å². The van der Waals surface area contributed by atoms with E-state index in [4.69, 9.17) is 25.7 Å². The van der Waals surface area contributed by atoms with Gasteiger partial charge in [0.1, 0.15) is 12.0 Å². The van der Waals surface area contributed by atoms with Crippen molar-refractivity contribution >= 4 is 43.3 Å². The van der Waals surface area contributed by atoms with E-state index in [-0.39, 0.29) is 24.7 Å². The Hall–Kier alpha value is -3.79. The Morgan fingerprint density at radius 3 is 2.15 bits per heavy atom. The van der Waals surface area contributed by atoms with Crippen molar-refractivity contribution in [1.29, 1.82) is 0 Å². The van der Waals surface area contributed by atoms with Crippen LogP contribution < -0.4 is 9.86 Å². The SMILES string of the molecule is CCOC(CS(N)(=O)=O)NS(=O)(=O)CC(OCC)c1cc(N=[N+]=[N-])ccc1C=CC(=O)c1ccc(N=[N+]=[N-])cc1. The smallest absolute Gasteiger partial charge is 0.216 e. The first kappa shape index (κ1) is 32.4. The van der Waals surface area contributed by atoms with E-state index in [0.717, 1.165) is 0 Å². The average Bonchev–Trinajstić information content (AvgIpc) is 2.87. The molecule has 0 aromatic heterocycles. The van der Waals surface area contributed by atoms with Crippen molar-refractivity contribution in [3.63, 3.8) is 0 Å². The molecule has 15 nitrogen and oxygen atoms in total. The molecule has 0 aliphatic carbocycles.